The second-order valence-corrected chi connectivity index (χ2v) is 3.79. The SMILES string of the molecule is COC(=O)Cc1nc(NC(C)=O)sc1N. The highest BCUT2D eigenvalue weighted by atomic mass is 32.1. The molecule has 0 saturated carbocycles. The molecule has 1 aromatic heterocycles. The van der Waals surface area contributed by atoms with Crippen LogP contribution in [-0.2, 0) is 20.7 Å². The smallest absolute Gasteiger partial charge is 0.311 e. The zero-order chi connectivity index (χ0) is 11.4. The average molecular weight is 229 g/mol. The van der Waals surface area contributed by atoms with Crippen molar-refractivity contribution in [3.8, 4) is 0 Å². The van der Waals surface area contributed by atoms with Gasteiger partial charge in [-0.1, -0.05) is 11.3 Å². The summed E-state index contributed by atoms with van der Waals surface area (Å²) in [6, 6.07) is 0. The van der Waals surface area contributed by atoms with Crippen LogP contribution in [0.25, 0.3) is 0 Å². The lowest BCUT2D eigenvalue weighted by atomic mass is 10.3. The van der Waals surface area contributed by atoms with Gasteiger partial charge in [-0.25, -0.2) is 4.98 Å². The molecule has 0 aromatic carbocycles. The highest BCUT2D eigenvalue weighted by Gasteiger charge is 2.13. The van der Waals surface area contributed by atoms with E-state index in [4.69, 9.17) is 5.73 Å². The van der Waals surface area contributed by atoms with Crippen LogP contribution in [0, 0.1) is 0 Å². The number of thiazole rings is 1. The van der Waals surface area contributed by atoms with E-state index in [0.717, 1.165) is 11.3 Å². The van der Waals surface area contributed by atoms with E-state index in [1.165, 1.54) is 14.0 Å². The number of hydrogen-bond acceptors (Lipinski definition) is 6. The number of nitrogens with one attached hydrogen (secondary N) is 1. The molecule has 0 unspecified atom stereocenters. The van der Waals surface area contributed by atoms with Gasteiger partial charge in [0.05, 0.1) is 19.2 Å². The van der Waals surface area contributed by atoms with Crippen LogP contribution in [0.5, 0.6) is 0 Å². The number of esters is 1. The average Bonchev–Trinajstić information content (AvgIpc) is 2.45. The Bertz CT molecular complexity index is 388. The summed E-state index contributed by atoms with van der Waals surface area (Å²) < 4.78 is 4.48. The van der Waals surface area contributed by atoms with E-state index in [2.05, 4.69) is 15.0 Å². The van der Waals surface area contributed by atoms with Crippen LogP contribution < -0.4 is 11.1 Å². The van der Waals surface area contributed by atoms with Crippen molar-refractivity contribution >= 4 is 33.3 Å². The second kappa shape index (κ2) is 4.74. The van der Waals surface area contributed by atoms with Gasteiger partial charge in [0.15, 0.2) is 5.13 Å². The lowest BCUT2D eigenvalue weighted by Gasteiger charge is -1.96. The van der Waals surface area contributed by atoms with Crippen LogP contribution in [0.3, 0.4) is 0 Å². The fourth-order valence-corrected chi connectivity index (χ4v) is 1.70. The minimum Gasteiger partial charge on any atom is -0.469 e. The maximum atomic E-state index is 11.0. The Hall–Kier alpha value is -1.63. The first-order valence-electron chi connectivity index (χ1n) is 4.12. The Kier molecular flexibility index (Phi) is 3.62. The minimum absolute atomic E-state index is 0.0123. The van der Waals surface area contributed by atoms with E-state index >= 15 is 0 Å². The van der Waals surface area contributed by atoms with Gasteiger partial charge in [-0.2, -0.15) is 0 Å². The van der Waals surface area contributed by atoms with Gasteiger partial charge in [0.2, 0.25) is 5.91 Å². The minimum atomic E-state index is -0.415. The number of rotatable bonds is 3. The van der Waals surface area contributed by atoms with E-state index in [1.807, 2.05) is 0 Å². The molecule has 0 bridgehead atoms. The number of nitrogen functional groups attached to an aromatic ring is 1. The molecule has 0 aliphatic heterocycles. The summed E-state index contributed by atoms with van der Waals surface area (Å²) in [6.45, 7) is 1.37. The molecule has 15 heavy (non-hydrogen) atoms. The Morgan fingerprint density at radius 1 is 1.60 bits per heavy atom. The van der Waals surface area contributed by atoms with Gasteiger partial charge in [-0.3, -0.25) is 9.59 Å². The first-order valence-corrected chi connectivity index (χ1v) is 4.94. The van der Waals surface area contributed by atoms with Gasteiger partial charge < -0.3 is 15.8 Å². The lowest BCUT2D eigenvalue weighted by Crippen LogP contribution is -2.08. The zero-order valence-electron chi connectivity index (χ0n) is 8.36. The molecule has 1 rings (SSSR count). The molecule has 0 atom stereocenters. The molecule has 1 amide bonds. The van der Waals surface area contributed by atoms with E-state index in [0.29, 0.717) is 15.8 Å². The van der Waals surface area contributed by atoms with E-state index < -0.39 is 5.97 Å². The standard InChI is InChI=1S/C8H11N3O3S/c1-4(12)10-8-11-5(7(9)15-8)3-6(13)14-2/h3,9H2,1-2H3,(H,10,11,12). The van der Waals surface area contributed by atoms with E-state index in [1.54, 1.807) is 0 Å². The van der Waals surface area contributed by atoms with Crippen LogP contribution in [0.4, 0.5) is 10.1 Å². The Morgan fingerprint density at radius 2 is 2.27 bits per heavy atom. The topological polar surface area (TPSA) is 94.3 Å². The highest BCUT2D eigenvalue weighted by molar-refractivity contribution is 7.19. The van der Waals surface area contributed by atoms with Crippen molar-refractivity contribution in [1.82, 2.24) is 4.98 Å². The van der Waals surface area contributed by atoms with Crippen molar-refractivity contribution < 1.29 is 14.3 Å². The van der Waals surface area contributed by atoms with Crippen LogP contribution in [0.1, 0.15) is 12.6 Å². The molecule has 1 heterocycles. The second-order valence-electron chi connectivity index (χ2n) is 2.76. The van der Waals surface area contributed by atoms with Gasteiger partial charge in [0, 0.05) is 6.92 Å². The van der Waals surface area contributed by atoms with Crippen LogP contribution in [0.2, 0.25) is 0 Å². The van der Waals surface area contributed by atoms with Crippen LogP contribution in [-0.4, -0.2) is 24.0 Å². The fraction of sp³-hybridized carbons (Fsp3) is 0.375. The number of ether oxygens (including phenoxy) is 1. The van der Waals surface area contributed by atoms with Crippen LogP contribution in [0.15, 0.2) is 0 Å². The molecule has 0 fully saturated rings. The van der Waals surface area contributed by atoms with Crippen molar-refractivity contribution in [2.24, 2.45) is 0 Å². The number of aromatic nitrogens is 1. The van der Waals surface area contributed by atoms with Gasteiger partial charge >= 0.3 is 5.97 Å². The van der Waals surface area contributed by atoms with Crippen molar-refractivity contribution in [3.63, 3.8) is 0 Å². The first-order chi connectivity index (χ1) is 7.02. The van der Waals surface area contributed by atoms with Gasteiger partial charge in [-0.15, -0.1) is 0 Å². The summed E-state index contributed by atoms with van der Waals surface area (Å²) in [5.41, 5.74) is 6.04. The number of carbonyl (C=O) groups excluding carboxylic acids is 2. The third-order valence-electron chi connectivity index (χ3n) is 1.55. The largest absolute Gasteiger partial charge is 0.469 e. The monoisotopic (exact) mass is 229 g/mol. The van der Waals surface area contributed by atoms with E-state index in [-0.39, 0.29) is 12.3 Å². The Morgan fingerprint density at radius 3 is 2.80 bits per heavy atom. The summed E-state index contributed by atoms with van der Waals surface area (Å²) in [5.74, 6) is -0.644. The van der Waals surface area contributed by atoms with Crippen LogP contribution >= 0.6 is 11.3 Å². The normalized spacial score (nSPS) is 9.73. The van der Waals surface area contributed by atoms with E-state index in [9.17, 15) is 9.59 Å². The third kappa shape index (κ3) is 3.21. The Balaban J connectivity index is 2.77. The molecule has 1 aromatic rings. The first kappa shape index (κ1) is 11.4. The maximum Gasteiger partial charge on any atom is 0.311 e. The lowest BCUT2D eigenvalue weighted by molar-refractivity contribution is -0.139. The number of nitrogens with two attached hydrogens (primary N) is 1. The summed E-state index contributed by atoms with van der Waals surface area (Å²) in [6.07, 6.45) is 0.0123. The number of hydrogen-bond donors (Lipinski definition) is 2. The predicted molar refractivity (Wildman–Crippen MR) is 56.6 cm³/mol. The van der Waals surface area contributed by atoms with Crippen molar-refractivity contribution in [1.29, 1.82) is 0 Å². The highest BCUT2D eigenvalue weighted by Crippen LogP contribution is 2.25. The summed E-state index contributed by atoms with van der Waals surface area (Å²) in [5, 5.41) is 3.29. The molecule has 7 heteroatoms. The number of methoxy groups -OCH3 is 1. The van der Waals surface area contributed by atoms with Crippen molar-refractivity contribution in [3.05, 3.63) is 5.69 Å². The maximum absolute atomic E-state index is 11.0. The summed E-state index contributed by atoms with van der Waals surface area (Å²) in [4.78, 5) is 25.7. The fourth-order valence-electron chi connectivity index (χ4n) is 0.903. The number of carbonyl (C=O) groups is 2. The molecule has 82 valence electrons. The molecule has 6 nitrogen and oxygen atoms in total. The van der Waals surface area contributed by atoms with Gasteiger partial charge in [0.25, 0.3) is 0 Å². The number of nitrogens with zero attached hydrogens (tertiary/aromatic N) is 1. The zero-order valence-corrected chi connectivity index (χ0v) is 9.18. The molecular formula is C8H11N3O3S. The molecule has 0 saturated heterocycles. The predicted octanol–water partition coefficient (Wildman–Crippen LogP) is 0.399. The molecule has 0 aliphatic rings. The van der Waals surface area contributed by atoms with Gasteiger partial charge in [0.1, 0.15) is 5.00 Å². The number of anilines is 2. The molecule has 3 N–H and O–H groups in total. The third-order valence-corrected chi connectivity index (χ3v) is 2.39. The van der Waals surface area contributed by atoms with Crippen molar-refractivity contribution in [2.45, 2.75) is 13.3 Å². The van der Waals surface area contributed by atoms with Crippen molar-refractivity contribution in [2.75, 3.05) is 18.2 Å². The number of amides is 1. The molecule has 0 spiro atoms. The molecular weight excluding hydrogens is 218 g/mol. The quantitative estimate of drug-likeness (QED) is 0.731. The van der Waals surface area contributed by atoms with Gasteiger partial charge in [-0.05, 0) is 0 Å². The summed E-state index contributed by atoms with van der Waals surface area (Å²) in [7, 11) is 1.29. The Labute approximate surface area is 90.4 Å². The molecule has 0 radical (unpaired) electrons. The molecule has 0 aliphatic carbocycles. The summed E-state index contributed by atoms with van der Waals surface area (Å²) >= 11 is 1.12.